The third-order valence-electron chi connectivity index (χ3n) is 7.48. The van der Waals surface area contributed by atoms with Gasteiger partial charge in [-0.1, -0.05) is 170 Å². The van der Waals surface area contributed by atoms with Crippen molar-refractivity contribution in [2.45, 2.75) is 0 Å². The first-order valence-electron chi connectivity index (χ1n) is 17.0. The molecule has 57 heavy (non-hydrogen) atoms. The SMILES string of the molecule is O=C(CSC(=S)c1ccccc1)OCC(COC(=O)CSC(=S)c1ccccc1)(COC(=O)CSC(=S)c1ccccc1)COC(=O)CSC(=S)c1ccccc1. The van der Waals surface area contributed by atoms with Crippen LogP contribution in [0.25, 0.3) is 0 Å². The average Bonchev–Trinajstić information content (AvgIpc) is 3.26. The molecule has 4 rings (SSSR count). The van der Waals surface area contributed by atoms with Crippen LogP contribution in [0, 0.1) is 5.41 Å². The molecule has 0 N–H and O–H groups in total. The summed E-state index contributed by atoms with van der Waals surface area (Å²) in [6.45, 7) is -1.73. The van der Waals surface area contributed by atoms with Crippen LogP contribution in [0.3, 0.4) is 0 Å². The second kappa shape index (κ2) is 25.1. The summed E-state index contributed by atoms with van der Waals surface area (Å²) in [6.07, 6.45) is 0. The Morgan fingerprint density at radius 1 is 0.368 bits per heavy atom. The van der Waals surface area contributed by atoms with Crippen LogP contribution in [-0.4, -0.2) is 90.1 Å². The van der Waals surface area contributed by atoms with Crippen molar-refractivity contribution in [3.8, 4) is 0 Å². The Labute approximate surface area is 370 Å². The molecule has 0 aliphatic carbocycles. The standard InChI is InChI=1S/C41H36O8S8/c42-33(21-54-37(50)29-13-5-1-6-14-29)46-25-41(26-47-34(43)22-55-38(51)30-15-7-2-8-16-30,27-48-35(44)23-56-39(52)31-17-9-3-10-18-31)28-49-36(45)24-57-40(53)32-19-11-4-12-20-32/h1-20H,21-28H2. The van der Waals surface area contributed by atoms with Crippen LogP contribution in [0.4, 0.5) is 0 Å². The van der Waals surface area contributed by atoms with Crippen LogP contribution in [-0.2, 0) is 38.1 Å². The Bertz CT molecular complexity index is 1710. The maximum atomic E-state index is 13.1. The van der Waals surface area contributed by atoms with Crippen molar-refractivity contribution in [3.05, 3.63) is 144 Å². The van der Waals surface area contributed by atoms with Crippen molar-refractivity contribution >= 4 is 137 Å². The van der Waals surface area contributed by atoms with Crippen LogP contribution >= 0.6 is 95.9 Å². The van der Waals surface area contributed by atoms with Crippen LogP contribution in [0.5, 0.6) is 0 Å². The monoisotopic (exact) mass is 912 g/mol. The predicted octanol–water partition coefficient (Wildman–Crippen LogP) is 8.58. The molecule has 0 saturated carbocycles. The number of carbonyl (C=O) groups excluding carboxylic acids is 4. The Morgan fingerprint density at radius 3 is 0.754 bits per heavy atom. The van der Waals surface area contributed by atoms with E-state index in [1.807, 2.05) is 121 Å². The highest BCUT2D eigenvalue weighted by molar-refractivity contribution is 8.25. The van der Waals surface area contributed by atoms with Crippen molar-refractivity contribution in [2.75, 3.05) is 49.4 Å². The van der Waals surface area contributed by atoms with Gasteiger partial charge in [0.2, 0.25) is 0 Å². The van der Waals surface area contributed by atoms with Crippen LogP contribution in [0.2, 0.25) is 0 Å². The van der Waals surface area contributed by atoms with E-state index < -0.39 is 55.7 Å². The predicted molar refractivity (Wildman–Crippen MR) is 249 cm³/mol. The van der Waals surface area contributed by atoms with E-state index >= 15 is 0 Å². The number of benzene rings is 4. The molecule has 0 spiro atoms. The number of hydrogen-bond acceptors (Lipinski definition) is 16. The maximum Gasteiger partial charge on any atom is 0.316 e. The lowest BCUT2D eigenvalue weighted by molar-refractivity contribution is -0.167. The summed E-state index contributed by atoms with van der Waals surface area (Å²) in [7, 11) is 0. The van der Waals surface area contributed by atoms with E-state index in [-0.39, 0.29) is 23.0 Å². The zero-order valence-corrected chi connectivity index (χ0v) is 36.8. The maximum absolute atomic E-state index is 13.1. The van der Waals surface area contributed by atoms with E-state index in [2.05, 4.69) is 0 Å². The summed E-state index contributed by atoms with van der Waals surface area (Å²) in [5.74, 6) is -3.05. The first-order valence-corrected chi connectivity index (χ1v) is 22.6. The number of hydrogen-bond donors (Lipinski definition) is 0. The third kappa shape index (κ3) is 17.1. The van der Waals surface area contributed by atoms with Gasteiger partial charge in [-0.3, -0.25) is 19.2 Å². The summed E-state index contributed by atoms with van der Waals surface area (Å²) in [4.78, 5) is 52.4. The van der Waals surface area contributed by atoms with Gasteiger partial charge >= 0.3 is 23.9 Å². The largest absolute Gasteiger partial charge is 0.464 e. The molecule has 0 unspecified atom stereocenters. The molecule has 0 aromatic heterocycles. The number of carbonyl (C=O) groups is 4. The normalized spacial score (nSPS) is 10.8. The average molecular weight is 913 g/mol. The summed E-state index contributed by atoms with van der Waals surface area (Å²) in [5.41, 5.74) is 1.63. The van der Waals surface area contributed by atoms with Crippen molar-refractivity contribution in [3.63, 3.8) is 0 Å². The lowest BCUT2D eigenvalue weighted by Gasteiger charge is -2.31. The summed E-state index contributed by atoms with van der Waals surface area (Å²) >= 11 is 26.4. The van der Waals surface area contributed by atoms with Gasteiger partial charge in [0.15, 0.2) is 0 Å². The van der Waals surface area contributed by atoms with Crippen LogP contribution in [0.1, 0.15) is 22.3 Å². The Hall–Kier alpha value is -3.48. The van der Waals surface area contributed by atoms with Gasteiger partial charge in [-0.25, -0.2) is 0 Å². The van der Waals surface area contributed by atoms with Gasteiger partial charge < -0.3 is 18.9 Å². The molecule has 0 amide bonds. The van der Waals surface area contributed by atoms with E-state index in [9.17, 15) is 19.2 Å². The fourth-order valence-electron chi connectivity index (χ4n) is 4.48. The van der Waals surface area contributed by atoms with Crippen molar-refractivity contribution < 1.29 is 38.1 Å². The molecule has 0 fully saturated rings. The molecule has 296 valence electrons. The van der Waals surface area contributed by atoms with E-state index in [0.717, 1.165) is 69.3 Å². The summed E-state index contributed by atoms with van der Waals surface area (Å²) in [6, 6.07) is 36.9. The minimum absolute atomic E-state index is 0.127. The fraction of sp³-hybridized carbons (Fsp3) is 0.220. The zero-order chi connectivity index (χ0) is 40.9. The van der Waals surface area contributed by atoms with Gasteiger partial charge in [-0.05, 0) is 22.3 Å². The second-order valence-electron chi connectivity index (χ2n) is 11.9. The van der Waals surface area contributed by atoms with Gasteiger partial charge in [0.25, 0.3) is 0 Å². The highest BCUT2D eigenvalue weighted by Gasteiger charge is 2.38. The molecule has 4 aromatic carbocycles. The van der Waals surface area contributed by atoms with Gasteiger partial charge in [-0.2, -0.15) is 0 Å². The van der Waals surface area contributed by atoms with Gasteiger partial charge in [0.05, 0.1) is 39.8 Å². The molecule has 4 aromatic rings. The first-order chi connectivity index (χ1) is 27.5. The highest BCUT2D eigenvalue weighted by atomic mass is 32.2. The lowest BCUT2D eigenvalue weighted by Crippen LogP contribution is -2.44. The van der Waals surface area contributed by atoms with E-state index in [1.165, 1.54) is 0 Å². The van der Waals surface area contributed by atoms with Crippen LogP contribution < -0.4 is 0 Å². The Kier molecular flexibility index (Phi) is 20.4. The number of thioether (sulfide) groups is 4. The third-order valence-corrected chi connectivity index (χ3v) is 13.3. The smallest absolute Gasteiger partial charge is 0.316 e. The number of ether oxygens (including phenoxy) is 4. The lowest BCUT2D eigenvalue weighted by atomic mass is 9.92. The fourth-order valence-corrected chi connectivity index (χ4v) is 8.27. The summed E-state index contributed by atoms with van der Waals surface area (Å²) < 4.78 is 24.7. The quantitative estimate of drug-likeness (QED) is 0.0480. The molecule has 16 heteroatoms. The van der Waals surface area contributed by atoms with Crippen molar-refractivity contribution in [1.29, 1.82) is 0 Å². The molecule has 0 bridgehead atoms. The highest BCUT2D eigenvalue weighted by Crippen LogP contribution is 2.25. The molecule has 0 saturated heterocycles. The molecule has 0 heterocycles. The minimum Gasteiger partial charge on any atom is -0.464 e. The number of thiocarbonyl (C=S) groups is 4. The topological polar surface area (TPSA) is 105 Å². The molecular weight excluding hydrogens is 877 g/mol. The zero-order valence-electron chi connectivity index (χ0n) is 30.2. The molecular formula is C41H36O8S8. The number of esters is 4. The molecule has 0 aliphatic heterocycles. The van der Waals surface area contributed by atoms with E-state index in [0.29, 0.717) is 16.8 Å². The molecule has 0 aliphatic rings. The van der Waals surface area contributed by atoms with Crippen molar-refractivity contribution in [2.24, 2.45) is 5.41 Å². The van der Waals surface area contributed by atoms with E-state index in [1.54, 1.807) is 0 Å². The first kappa shape index (κ1) is 46.2. The van der Waals surface area contributed by atoms with Crippen LogP contribution in [0.15, 0.2) is 121 Å². The van der Waals surface area contributed by atoms with Gasteiger partial charge in [0, 0.05) is 0 Å². The minimum atomic E-state index is -1.50. The van der Waals surface area contributed by atoms with E-state index in [4.69, 9.17) is 67.8 Å². The summed E-state index contributed by atoms with van der Waals surface area (Å²) in [5, 5.41) is 0. The number of rotatable bonds is 20. The van der Waals surface area contributed by atoms with Crippen molar-refractivity contribution in [1.82, 2.24) is 0 Å². The van der Waals surface area contributed by atoms with Gasteiger partial charge in [0.1, 0.15) is 31.8 Å². The Morgan fingerprint density at radius 2 is 0.561 bits per heavy atom. The van der Waals surface area contributed by atoms with Gasteiger partial charge in [-0.15, -0.1) is 47.0 Å². The Balaban J connectivity index is 1.47. The molecule has 0 atom stereocenters. The second-order valence-corrected chi connectivity index (χ2v) is 18.5. The molecule has 8 nitrogen and oxygen atoms in total. The molecule has 0 radical (unpaired) electrons.